The van der Waals surface area contributed by atoms with Crippen molar-refractivity contribution in [2.75, 3.05) is 14.2 Å². The van der Waals surface area contributed by atoms with Crippen LogP contribution in [-0.4, -0.2) is 26.2 Å². The normalized spacial score (nSPS) is 63.9. The van der Waals surface area contributed by atoms with E-state index in [2.05, 4.69) is 0 Å². The van der Waals surface area contributed by atoms with Crippen LogP contribution in [0.15, 0.2) is 0 Å². The Kier molecular flexibility index (Phi) is 1.83. The second-order valence-corrected chi connectivity index (χ2v) is 8.64. The van der Waals surface area contributed by atoms with Crippen molar-refractivity contribution in [2.24, 2.45) is 58.2 Å². The molecule has 4 nitrogen and oxygen atoms in total. The minimum atomic E-state index is -0.226. The zero-order valence-electron chi connectivity index (χ0n) is 13.1. The Morgan fingerprint density at radius 1 is 0.773 bits per heavy atom. The minimum Gasteiger partial charge on any atom is -0.469 e. The number of rotatable bonds is 2. The van der Waals surface area contributed by atoms with Crippen LogP contribution in [0.2, 0.25) is 0 Å². The van der Waals surface area contributed by atoms with Gasteiger partial charge in [0.15, 0.2) is 0 Å². The average molecular weight is 302 g/mol. The molecule has 0 aromatic rings. The molecule has 7 aliphatic rings. The predicted molar refractivity (Wildman–Crippen MR) is 75.3 cm³/mol. The molecule has 0 amide bonds. The molecule has 7 rings (SSSR count). The first kappa shape index (κ1) is 12.4. The van der Waals surface area contributed by atoms with Crippen molar-refractivity contribution >= 4 is 11.9 Å². The van der Waals surface area contributed by atoms with Gasteiger partial charge in [0.2, 0.25) is 0 Å². The predicted octanol–water partition coefficient (Wildman–Crippen LogP) is 1.88. The molecule has 0 aliphatic heterocycles. The number of hydrogen-bond donors (Lipinski definition) is 0. The summed E-state index contributed by atoms with van der Waals surface area (Å²) in [6.07, 6.45) is 5.51. The van der Waals surface area contributed by atoms with Crippen LogP contribution in [0.25, 0.3) is 0 Å². The fraction of sp³-hybridized carbons (Fsp3) is 0.889. The second-order valence-electron chi connectivity index (χ2n) is 8.64. The highest BCUT2D eigenvalue weighted by Crippen LogP contribution is 3.05. The Morgan fingerprint density at radius 3 is 1.45 bits per heavy atom. The summed E-state index contributed by atoms with van der Waals surface area (Å²) in [5.74, 6) is 2.92. The Balaban J connectivity index is 1.45. The van der Waals surface area contributed by atoms with Crippen LogP contribution in [0.5, 0.6) is 0 Å². The van der Waals surface area contributed by atoms with E-state index in [-0.39, 0.29) is 23.8 Å². The van der Waals surface area contributed by atoms with Gasteiger partial charge in [0, 0.05) is 0 Å². The summed E-state index contributed by atoms with van der Waals surface area (Å²) < 4.78 is 10.2. The van der Waals surface area contributed by atoms with Crippen molar-refractivity contribution < 1.29 is 19.1 Å². The Hall–Kier alpha value is -1.06. The Labute approximate surface area is 129 Å². The third kappa shape index (κ3) is 0.771. The first-order chi connectivity index (χ1) is 10.7. The van der Waals surface area contributed by atoms with Gasteiger partial charge in [0.1, 0.15) is 0 Å². The van der Waals surface area contributed by atoms with E-state index in [0.29, 0.717) is 22.7 Å². The van der Waals surface area contributed by atoms with E-state index in [1.54, 1.807) is 0 Å². The lowest BCUT2D eigenvalue weighted by Gasteiger charge is -3.05. The zero-order chi connectivity index (χ0) is 15.0. The van der Waals surface area contributed by atoms with Crippen LogP contribution < -0.4 is 0 Å². The highest BCUT2D eigenvalue weighted by Gasteiger charge is 3.03. The molecule has 7 fully saturated rings. The van der Waals surface area contributed by atoms with Gasteiger partial charge in [-0.25, -0.2) is 0 Å². The molecule has 0 radical (unpaired) electrons. The Bertz CT molecular complexity index is 551. The van der Waals surface area contributed by atoms with Gasteiger partial charge in [-0.1, -0.05) is 12.8 Å². The van der Waals surface area contributed by atoms with Gasteiger partial charge in [-0.15, -0.1) is 0 Å². The molecule has 0 N–H and O–H groups in total. The smallest absolute Gasteiger partial charge is 0.309 e. The van der Waals surface area contributed by atoms with Crippen LogP contribution in [0.4, 0.5) is 0 Å². The van der Waals surface area contributed by atoms with Gasteiger partial charge < -0.3 is 9.47 Å². The molecule has 22 heavy (non-hydrogen) atoms. The standard InChI is InChI=1S/C18H22O4/c1-21-15(19)7-8(16(20)22-2)10-13-11-9(7)12-14(10)18(13)6-4-3-5-17(11,12)18/h7-14H,3-6H2,1-2H3/t7-,8+,9?,10?,11-,12+,13+,14-,17?,18?. The number of ether oxygens (including phenoxy) is 2. The SMILES string of the molecule is COC(=O)[C@@H]1C2[C@@H]3[C@@H]4C([C@@H]5[C@H]2C32CCCCC542)[C@@H]1C(=O)OC. The molecular formula is C18H22O4. The lowest BCUT2D eigenvalue weighted by atomic mass is 8.98. The first-order valence-electron chi connectivity index (χ1n) is 8.82. The number of esters is 2. The molecule has 0 aromatic carbocycles. The maximum atomic E-state index is 12.4. The number of hydrogen-bond acceptors (Lipinski definition) is 4. The van der Waals surface area contributed by atoms with Crippen LogP contribution in [0.3, 0.4) is 0 Å². The molecule has 10 atom stereocenters. The van der Waals surface area contributed by atoms with E-state index in [4.69, 9.17) is 9.47 Å². The topological polar surface area (TPSA) is 52.6 Å². The second kappa shape index (κ2) is 3.25. The molecule has 4 heteroatoms. The van der Waals surface area contributed by atoms with Crippen LogP contribution in [0, 0.1) is 58.2 Å². The van der Waals surface area contributed by atoms with E-state index in [1.165, 1.54) is 39.9 Å². The fourth-order valence-corrected chi connectivity index (χ4v) is 9.53. The Morgan fingerprint density at radius 2 is 1.14 bits per heavy atom. The summed E-state index contributed by atoms with van der Waals surface area (Å²) in [7, 11) is 2.91. The molecule has 0 saturated heterocycles. The van der Waals surface area contributed by atoms with Gasteiger partial charge in [-0.3, -0.25) is 9.59 Å². The quantitative estimate of drug-likeness (QED) is 0.731. The van der Waals surface area contributed by atoms with E-state index in [0.717, 1.165) is 23.7 Å². The van der Waals surface area contributed by atoms with Gasteiger partial charge in [0.05, 0.1) is 26.1 Å². The van der Waals surface area contributed by atoms with E-state index >= 15 is 0 Å². The van der Waals surface area contributed by atoms with Crippen molar-refractivity contribution in [1.82, 2.24) is 0 Å². The van der Waals surface area contributed by atoms with Gasteiger partial charge in [-0.2, -0.15) is 0 Å². The maximum absolute atomic E-state index is 12.4. The molecule has 7 saturated carbocycles. The van der Waals surface area contributed by atoms with Crippen molar-refractivity contribution in [3.05, 3.63) is 0 Å². The summed E-state index contributed by atoms with van der Waals surface area (Å²) in [6.45, 7) is 0. The summed E-state index contributed by atoms with van der Waals surface area (Å²) in [5.41, 5.74) is 1.18. The molecule has 4 unspecified atom stereocenters. The molecule has 118 valence electrons. The van der Waals surface area contributed by atoms with E-state index in [1.807, 2.05) is 0 Å². The first-order valence-corrected chi connectivity index (χ1v) is 8.82. The van der Waals surface area contributed by atoms with E-state index in [9.17, 15) is 9.59 Å². The minimum absolute atomic E-state index is 0.169. The van der Waals surface area contributed by atoms with Crippen molar-refractivity contribution in [1.29, 1.82) is 0 Å². The molecular weight excluding hydrogens is 280 g/mol. The zero-order valence-corrected chi connectivity index (χ0v) is 13.1. The molecule has 0 aromatic heterocycles. The lowest BCUT2D eigenvalue weighted by Crippen LogP contribution is -3.03. The van der Waals surface area contributed by atoms with Crippen LogP contribution >= 0.6 is 0 Å². The highest BCUT2D eigenvalue weighted by atomic mass is 16.5. The maximum Gasteiger partial charge on any atom is 0.309 e. The van der Waals surface area contributed by atoms with Crippen LogP contribution in [-0.2, 0) is 19.1 Å². The summed E-state index contributed by atoms with van der Waals surface area (Å²) in [6, 6.07) is 0. The highest BCUT2D eigenvalue weighted by molar-refractivity contribution is 5.85. The molecule has 7 aliphatic carbocycles. The van der Waals surface area contributed by atoms with Crippen molar-refractivity contribution in [2.45, 2.75) is 25.7 Å². The summed E-state index contributed by atoms with van der Waals surface area (Å²) in [4.78, 5) is 24.8. The van der Waals surface area contributed by atoms with Gasteiger partial charge >= 0.3 is 11.9 Å². The third-order valence-corrected chi connectivity index (χ3v) is 9.27. The van der Waals surface area contributed by atoms with E-state index < -0.39 is 0 Å². The summed E-state index contributed by atoms with van der Waals surface area (Å²) in [5, 5.41) is 0. The fourth-order valence-electron chi connectivity index (χ4n) is 9.53. The molecule has 2 spiro atoms. The number of carbonyl (C=O) groups excluding carboxylic acids is 2. The van der Waals surface area contributed by atoms with Crippen molar-refractivity contribution in [3.63, 3.8) is 0 Å². The number of methoxy groups -OCH3 is 2. The molecule has 2 bridgehead atoms. The van der Waals surface area contributed by atoms with Gasteiger partial charge in [-0.05, 0) is 59.2 Å². The van der Waals surface area contributed by atoms with Gasteiger partial charge in [0.25, 0.3) is 0 Å². The summed E-state index contributed by atoms with van der Waals surface area (Å²) >= 11 is 0. The monoisotopic (exact) mass is 302 g/mol. The average Bonchev–Trinajstić information content (AvgIpc) is 2.55. The third-order valence-electron chi connectivity index (χ3n) is 9.27. The largest absolute Gasteiger partial charge is 0.469 e. The van der Waals surface area contributed by atoms with Crippen LogP contribution in [0.1, 0.15) is 25.7 Å². The lowest BCUT2D eigenvalue weighted by molar-refractivity contribution is -0.592. The molecule has 0 heterocycles. The number of carbonyl (C=O) groups is 2. The number of fused-ring (bicyclic) bond motifs is 1. The van der Waals surface area contributed by atoms with Crippen molar-refractivity contribution in [3.8, 4) is 0 Å².